The summed E-state index contributed by atoms with van der Waals surface area (Å²) in [6.45, 7) is 14.3. The fourth-order valence-corrected chi connectivity index (χ4v) is 2.54. The Kier molecular flexibility index (Phi) is 7.25. The van der Waals surface area contributed by atoms with Crippen molar-refractivity contribution in [3.05, 3.63) is 0 Å². The van der Waals surface area contributed by atoms with Gasteiger partial charge in [0.2, 0.25) is 0 Å². The molecule has 0 bridgehead atoms. The highest BCUT2D eigenvalue weighted by molar-refractivity contribution is 4.84. The molecule has 1 aliphatic carbocycles. The van der Waals surface area contributed by atoms with Crippen LogP contribution in [0.4, 0.5) is 0 Å². The van der Waals surface area contributed by atoms with Crippen molar-refractivity contribution >= 4 is 0 Å². The van der Waals surface area contributed by atoms with E-state index in [1.807, 2.05) is 0 Å². The molecule has 0 heterocycles. The van der Waals surface area contributed by atoms with Gasteiger partial charge in [0.15, 0.2) is 0 Å². The molecule has 1 aliphatic rings. The Morgan fingerprint density at radius 3 is 2.33 bits per heavy atom. The van der Waals surface area contributed by atoms with Gasteiger partial charge in [-0.1, -0.05) is 27.2 Å². The fourth-order valence-electron chi connectivity index (χ4n) is 2.54. The molecule has 1 fully saturated rings. The van der Waals surface area contributed by atoms with Gasteiger partial charge in [-0.25, -0.2) is 0 Å². The van der Waals surface area contributed by atoms with Crippen LogP contribution in [0, 0.1) is 5.92 Å². The first-order valence-corrected chi connectivity index (χ1v) is 8.09. The van der Waals surface area contributed by atoms with Crippen LogP contribution in [0.1, 0.15) is 66.7 Å². The predicted octanol–water partition coefficient (Wildman–Crippen LogP) is 3.66. The van der Waals surface area contributed by atoms with Crippen molar-refractivity contribution in [2.24, 2.45) is 5.92 Å². The summed E-state index contributed by atoms with van der Waals surface area (Å²) in [6, 6.07) is 2.25. The summed E-state index contributed by atoms with van der Waals surface area (Å²) >= 11 is 0. The molecule has 3 atom stereocenters. The summed E-state index contributed by atoms with van der Waals surface area (Å²) in [5, 5.41) is 3.68. The molecule has 0 aromatic rings. The maximum Gasteiger partial charge on any atom is 0.0107 e. The first-order chi connectivity index (χ1) is 8.60. The summed E-state index contributed by atoms with van der Waals surface area (Å²) in [7, 11) is 0. The molecule has 0 radical (unpaired) electrons. The lowest BCUT2D eigenvalue weighted by atomic mass is 9.99. The Morgan fingerprint density at radius 1 is 1.17 bits per heavy atom. The minimum absolute atomic E-state index is 0.692. The molecule has 18 heavy (non-hydrogen) atoms. The Hall–Kier alpha value is -0.0800. The number of unbranched alkanes of at least 4 members (excludes halogenated alkanes) is 1. The van der Waals surface area contributed by atoms with E-state index in [-0.39, 0.29) is 0 Å². The molecule has 1 saturated carbocycles. The van der Waals surface area contributed by atoms with Crippen LogP contribution in [-0.4, -0.2) is 36.1 Å². The van der Waals surface area contributed by atoms with Crippen molar-refractivity contribution in [1.82, 2.24) is 10.2 Å². The number of hydrogen-bond donors (Lipinski definition) is 1. The van der Waals surface area contributed by atoms with Gasteiger partial charge < -0.3 is 5.32 Å². The Morgan fingerprint density at radius 2 is 1.83 bits per heavy atom. The van der Waals surface area contributed by atoms with Gasteiger partial charge in [-0.3, -0.25) is 4.90 Å². The third kappa shape index (κ3) is 5.27. The van der Waals surface area contributed by atoms with Gasteiger partial charge in [0.25, 0.3) is 0 Å². The summed E-state index contributed by atoms with van der Waals surface area (Å²) in [6.07, 6.45) is 6.68. The van der Waals surface area contributed by atoms with E-state index in [1.54, 1.807) is 0 Å². The molecule has 2 heteroatoms. The third-order valence-electron chi connectivity index (χ3n) is 4.58. The number of nitrogens with one attached hydrogen (secondary N) is 1. The summed E-state index contributed by atoms with van der Waals surface area (Å²) in [5.41, 5.74) is 0. The summed E-state index contributed by atoms with van der Waals surface area (Å²) < 4.78 is 0. The van der Waals surface area contributed by atoms with Crippen molar-refractivity contribution in [2.45, 2.75) is 84.8 Å². The molecule has 1 rings (SSSR count). The van der Waals surface area contributed by atoms with E-state index in [1.165, 1.54) is 45.2 Å². The second kappa shape index (κ2) is 8.16. The maximum atomic E-state index is 3.68. The highest BCUT2D eigenvalue weighted by Crippen LogP contribution is 2.21. The zero-order valence-electron chi connectivity index (χ0n) is 13.2. The van der Waals surface area contributed by atoms with Crippen LogP contribution < -0.4 is 5.32 Å². The highest BCUT2D eigenvalue weighted by atomic mass is 15.2. The minimum atomic E-state index is 0.692. The van der Waals surface area contributed by atoms with Gasteiger partial charge in [-0.15, -0.1) is 0 Å². The third-order valence-corrected chi connectivity index (χ3v) is 4.58. The fraction of sp³-hybridized carbons (Fsp3) is 1.00. The Balaban J connectivity index is 2.41. The molecule has 2 nitrogen and oxygen atoms in total. The predicted molar refractivity (Wildman–Crippen MR) is 81.0 cm³/mol. The SMILES string of the molecule is CCCCN(C(C)CC)C(C)C(C)CNC1CC1. The molecular formula is C16H34N2. The van der Waals surface area contributed by atoms with E-state index in [0.29, 0.717) is 6.04 Å². The monoisotopic (exact) mass is 254 g/mol. The van der Waals surface area contributed by atoms with Gasteiger partial charge in [-0.2, -0.15) is 0 Å². The number of rotatable bonds is 10. The van der Waals surface area contributed by atoms with Gasteiger partial charge in [0, 0.05) is 18.1 Å². The second-order valence-electron chi connectivity index (χ2n) is 6.25. The minimum Gasteiger partial charge on any atom is -0.314 e. The van der Waals surface area contributed by atoms with E-state index in [4.69, 9.17) is 0 Å². The van der Waals surface area contributed by atoms with Crippen LogP contribution in [0.25, 0.3) is 0 Å². The van der Waals surface area contributed by atoms with Crippen LogP contribution >= 0.6 is 0 Å². The molecule has 0 saturated heterocycles. The molecule has 1 N–H and O–H groups in total. The van der Waals surface area contributed by atoms with Crippen molar-refractivity contribution < 1.29 is 0 Å². The van der Waals surface area contributed by atoms with E-state index in [2.05, 4.69) is 44.8 Å². The van der Waals surface area contributed by atoms with E-state index >= 15 is 0 Å². The van der Waals surface area contributed by atoms with Gasteiger partial charge >= 0.3 is 0 Å². The van der Waals surface area contributed by atoms with Crippen molar-refractivity contribution in [2.75, 3.05) is 13.1 Å². The first-order valence-electron chi connectivity index (χ1n) is 8.09. The standard InChI is InChI=1S/C16H34N2/c1-6-8-11-18(14(4)7-2)15(5)13(3)12-17-16-9-10-16/h13-17H,6-12H2,1-5H3. The van der Waals surface area contributed by atoms with Crippen molar-refractivity contribution in [3.8, 4) is 0 Å². The lowest BCUT2D eigenvalue weighted by molar-refractivity contribution is 0.110. The van der Waals surface area contributed by atoms with Crippen LogP contribution in [0.2, 0.25) is 0 Å². The van der Waals surface area contributed by atoms with Crippen molar-refractivity contribution in [3.63, 3.8) is 0 Å². The summed E-state index contributed by atoms with van der Waals surface area (Å²) in [4.78, 5) is 2.72. The van der Waals surface area contributed by atoms with Gasteiger partial charge in [-0.05, 0) is 58.5 Å². The largest absolute Gasteiger partial charge is 0.314 e. The molecule has 0 aromatic carbocycles. The van der Waals surface area contributed by atoms with Gasteiger partial charge in [0.1, 0.15) is 0 Å². The average Bonchev–Trinajstić information content (AvgIpc) is 3.19. The molecule has 0 aliphatic heterocycles. The van der Waals surface area contributed by atoms with E-state index in [9.17, 15) is 0 Å². The lowest BCUT2D eigenvalue weighted by Crippen LogP contribution is -2.46. The van der Waals surface area contributed by atoms with E-state index < -0.39 is 0 Å². The molecule has 108 valence electrons. The molecule has 3 unspecified atom stereocenters. The lowest BCUT2D eigenvalue weighted by Gasteiger charge is -2.37. The Labute approximate surface area is 115 Å². The highest BCUT2D eigenvalue weighted by Gasteiger charge is 2.26. The smallest absolute Gasteiger partial charge is 0.0107 e. The van der Waals surface area contributed by atoms with Gasteiger partial charge in [0.05, 0.1) is 0 Å². The number of hydrogen-bond acceptors (Lipinski definition) is 2. The second-order valence-corrected chi connectivity index (χ2v) is 6.25. The van der Waals surface area contributed by atoms with Crippen LogP contribution in [0.5, 0.6) is 0 Å². The maximum absolute atomic E-state index is 3.68. The van der Waals surface area contributed by atoms with Crippen LogP contribution in [0.3, 0.4) is 0 Å². The zero-order valence-corrected chi connectivity index (χ0v) is 13.2. The van der Waals surface area contributed by atoms with Crippen LogP contribution in [-0.2, 0) is 0 Å². The first kappa shape index (κ1) is 16.0. The molecule has 0 amide bonds. The zero-order chi connectivity index (χ0) is 13.5. The summed E-state index contributed by atoms with van der Waals surface area (Å²) in [5.74, 6) is 0.747. The normalized spacial score (nSPS) is 21.0. The average molecular weight is 254 g/mol. The van der Waals surface area contributed by atoms with Crippen LogP contribution in [0.15, 0.2) is 0 Å². The molecule has 0 spiro atoms. The quantitative estimate of drug-likeness (QED) is 0.640. The van der Waals surface area contributed by atoms with Crippen molar-refractivity contribution in [1.29, 1.82) is 0 Å². The molecule has 0 aromatic heterocycles. The Bertz CT molecular complexity index is 213. The van der Waals surface area contributed by atoms with E-state index in [0.717, 1.165) is 18.0 Å². The molecular weight excluding hydrogens is 220 g/mol. The topological polar surface area (TPSA) is 15.3 Å². The number of nitrogens with zero attached hydrogens (tertiary/aromatic N) is 1.